The van der Waals surface area contributed by atoms with Crippen molar-refractivity contribution in [3.63, 3.8) is 0 Å². The van der Waals surface area contributed by atoms with Gasteiger partial charge >= 0.3 is 0 Å². The highest BCUT2D eigenvalue weighted by molar-refractivity contribution is 7.92. The molecule has 0 atom stereocenters. The van der Waals surface area contributed by atoms with E-state index in [0.717, 1.165) is 11.1 Å². The van der Waals surface area contributed by atoms with Crippen LogP contribution in [0.15, 0.2) is 34.8 Å². The number of nitrogens with one attached hydrogen (secondary N) is 1. The van der Waals surface area contributed by atoms with Gasteiger partial charge < -0.3 is 0 Å². The predicted molar refractivity (Wildman–Crippen MR) is 84.8 cm³/mol. The summed E-state index contributed by atoms with van der Waals surface area (Å²) in [4.78, 5) is 4.58. The van der Waals surface area contributed by atoms with Crippen LogP contribution >= 0.6 is 22.9 Å². The quantitative estimate of drug-likeness (QED) is 0.793. The molecule has 1 aromatic carbocycles. The lowest BCUT2D eigenvalue weighted by atomic mass is 10.1. The average molecular weight is 342 g/mol. The van der Waals surface area contributed by atoms with Crippen molar-refractivity contribution in [2.75, 3.05) is 4.72 Å². The minimum atomic E-state index is -3.80. The summed E-state index contributed by atoms with van der Waals surface area (Å²) < 4.78 is 29.1. The maximum absolute atomic E-state index is 12.5. The molecule has 2 heterocycles. The van der Waals surface area contributed by atoms with E-state index in [1.165, 1.54) is 15.7 Å². The molecule has 3 aromatic rings. The van der Waals surface area contributed by atoms with Crippen LogP contribution in [0.25, 0.3) is 4.96 Å². The Morgan fingerprint density at radius 3 is 2.76 bits per heavy atom. The lowest BCUT2D eigenvalue weighted by Crippen LogP contribution is -2.15. The van der Waals surface area contributed by atoms with E-state index in [2.05, 4.69) is 9.71 Å². The summed E-state index contributed by atoms with van der Waals surface area (Å²) in [5, 5.41) is 1.69. The third-order valence-electron chi connectivity index (χ3n) is 3.19. The second-order valence-electron chi connectivity index (χ2n) is 4.67. The first-order valence-electron chi connectivity index (χ1n) is 6.09. The van der Waals surface area contributed by atoms with E-state index in [0.29, 0.717) is 10.6 Å². The Bertz CT molecular complexity index is 928. The van der Waals surface area contributed by atoms with E-state index in [-0.39, 0.29) is 10.2 Å². The minimum Gasteiger partial charge on any atom is -0.278 e. The average Bonchev–Trinajstić information content (AvgIpc) is 2.92. The molecule has 0 saturated heterocycles. The first-order chi connectivity index (χ1) is 9.88. The standard InChI is InChI=1S/C13H12ClN3O2S2/c1-8-3-4-10(7-9(8)2)16-21(18,19)12-11(14)15-13-17(12)5-6-20-13/h3-7,16H,1-2H3. The summed E-state index contributed by atoms with van der Waals surface area (Å²) >= 11 is 7.30. The van der Waals surface area contributed by atoms with E-state index in [9.17, 15) is 8.42 Å². The zero-order valence-electron chi connectivity index (χ0n) is 11.3. The molecule has 0 aliphatic rings. The van der Waals surface area contributed by atoms with Crippen molar-refractivity contribution < 1.29 is 8.42 Å². The largest absolute Gasteiger partial charge is 0.281 e. The van der Waals surface area contributed by atoms with Gasteiger partial charge in [-0.05, 0) is 37.1 Å². The Hall–Kier alpha value is -1.57. The number of aryl methyl sites for hydroxylation is 2. The van der Waals surface area contributed by atoms with Gasteiger partial charge in [0.05, 0.1) is 0 Å². The van der Waals surface area contributed by atoms with Gasteiger partial charge in [0.2, 0.25) is 0 Å². The van der Waals surface area contributed by atoms with Gasteiger partial charge in [-0.2, -0.15) is 8.42 Å². The SMILES string of the molecule is Cc1ccc(NS(=O)(=O)c2c(Cl)nc3sccn23)cc1C. The van der Waals surface area contributed by atoms with E-state index >= 15 is 0 Å². The molecule has 5 nitrogen and oxygen atoms in total. The predicted octanol–water partition coefficient (Wildman–Crippen LogP) is 3.47. The van der Waals surface area contributed by atoms with Gasteiger partial charge in [-0.3, -0.25) is 9.12 Å². The summed E-state index contributed by atoms with van der Waals surface area (Å²) in [6, 6.07) is 5.37. The number of thiazole rings is 1. The number of sulfonamides is 1. The third-order valence-corrected chi connectivity index (χ3v) is 5.73. The van der Waals surface area contributed by atoms with Crippen LogP contribution in [0.1, 0.15) is 11.1 Å². The van der Waals surface area contributed by atoms with Crippen molar-refractivity contribution in [1.82, 2.24) is 9.38 Å². The molecule has 3 rings (SSSR count). The molecule has 2 aromatic heterocycles. The van der Waals surface area contributed by atoms with Crippen LogP contribution in [0.2, 0.25) is 5.15 Å². The highest BCUT2D eigenvalue weighted by atomic mass is 35.5. The van der Waals surface area contributed by atoms with Crippen molar-refractivity contribution in [3.05, 3.63) is 46.1 Å². The summed E-state index contributed by atoms with van der Waals surface area (Å²) in [5.74, 6) is 0. The van der Waals surface area contributed by atoms with E-state index in [4.69, 9.17) is 11.6 Å². The first-order valence-corrected chi connectivity index (χ1v) is 8.84. The van der Waals surface area contributed by atoms with Crippen LogP contribution in [0.3, 0.4) is 0 Å². The second-order valence-corrected chi connectivity index (χ2v) is 7.50. The molecule has 21 heavy (non-hydrogen) atoms. The summed E-state index contributed by atoms with van der Waals surface area (Å²) in [7, 11) is -3.80. The lowest BCUT2D eigenvalue weighted by molar-refractivity contribution is 0.596. The number of rotatable bonds is 3. The number of benzene rings is 1. The first kappa shape index (κ1) is 14.4. The van der Waals surface area contributed by atoms with Gasteiger partial charge in [0.15, 0.2) is 15.1 Å². The molecule has 0 unspecified atom stereocenters. The van der Waals surface area contributed by atoms with Gasteiger partial charge in [0, 0.05) is 17.3 Å². The Morgan fingerprint density at radius 1 is 1.29 bits per heavy atom. The second kappa shape index (κ2) is 5.01. The fraction of sp³-hybridized carbons (Fsp3) is 0.154. The van der Waals surface area contributed by atoms with E-state index in [1.54, 1.807) is 23.7 Å². The Kier molecular flexibility index (Phi) is 3.43. The normalized spacial score (nSPS) is 12.0. The fourth-order valence-electron chi connectivity index (χ4n) is 1.99. The van der Waals surface area contributed by atoms with Crippen LogP contribution in [-0.2, 0) is 10.0 Å². The van der Waals surface area contributed by atoms with Crippen molar-refractivity contribution >= 4 is 43.6 Å². The topological polar surface area (TPSA) is 63.5 Å². The molecule has 0 bridgehead atoms. The number of hydrogen-bond donors (Lipinski definition) is 1. The van der Waals surface area contributed by atoms with Crippen LogP contribution in [0.4, 0.5) is 5.69 Å². The Morgan fingerprint density at radius 2 is 2.05 bits per heavy atom. The van der Waals surface area contributed by atoms with Crippen molar-refractivity contribution in [3.8, 4) is 0 Å². The van der Waals surface area contributed by atoms with E-state index < -0.39 is 10.0 Å². The van der Waals surface area contributed by atoms with E-state index in [1.807, 2.05) is 19.9 Å². The summed E-state index contributed by atoms with van der Waals surface area (Å²) in [5.41, 5.74) is 2.61. The monoisotopic (exact) mass is 341 g/mol. The number of fused-ring (bicyclic) bond motifs is 1. The zero-order chi connectivity index (χ0) is 15.2. The maximum Gasteiger partial charge on any atom is 0.281 e. The van der Waals surface area contributed by atoms with Crippen molar-refractivity contribution in [1.29, 1.82) is 0 Å². The van der Waals surface area contributed by atoms with Gasteiger partial charge in [-0.25, -0.2) is 4.98 Å². The molecular weight excluding hydrogens is 330 g/mol. The number of aromatic nitrogens is 2. The smallest absolute Gasteiger partial charge is 0.278 e. The zero-order valence-corrected chi connectivity index (χ0v) is 13.7. The Balaban J connectivity index is 2.06. The molecule has 0 spiro atoms. The molecular formula is C13H12ClN3O2S2. The number of hydrogen-bond acceptors (Lipinski definition) is 4. The highest BCUT2D eigenvalue weighted by Crippen LogP contribution is 2.27. The summed E-state index contributed by atoms with van der Waals surface area (Å²) in [6.07, 6.45) is 1.63. The van der Waals surface area contributed by atoms with Crippen molar-refractivity contribution in [2.24, 2.45) is 0 Å². The lowest BCUT2D eigenvalue weighted by Gasteiger charge is -2.09. The van der Waals surface area contributed by atoms with Gasteiger partial charge in [0.25, 0.3) is 10.0 Å². The molecule has 0 radical (unpaired) electrons. The minimum absolute atomic E-state index is 0.0295. The van der Waals surface area contributed by atoms with Crippen LogP contribution < -0.4 is 4.72 Å². The fourth-order valence-corrected chi connectivity index (χ4v) is 4.49. The van der Waals surface area contributed by atoms with Crippen LogP contribution in [-0.4, -0.2) is 17.8 Å². The molecule has 0 amide bonds. The van der Waals surface area contributed by atoms with Crippen molar-refractivity contribution in [2.45, 2.75) is 18.9 Å². The molecule has 1 N–H and O–H groups in total. The van der Waals surface area contributed by atoms with Gasteiger partial charge in [0.1, 0.15) is 0 Å². The number of imidazole rings is 1. The Labute approximate surface area is 131 Å². The summed E-state index contributed by atoms with van der Waals surface area (Å²) in [6.45, 7) is 3.90. The molecule has 0 aliphatic carbocycles. The van der Waals surface area contributed by atoms with Crippen LogP contribution in [0.5, 0.6) is 0 Å². The number of nitrogens with zero attached hydrogens (tertiary/aromatic N) is 2. The molecule has 0 saturated carbocycles. The molecule has 110 valence electrons. The molecule has 8 heteroatoms. The maximum atomic E-state index is 12.5. The molecule has 0 aliphatic heterocycles. The number of anilines is 1. The van der Waals surface area contributed by atoms with Crippen LogP contribution in [0, 0.1) is 13.8 Å². The third kappa shape index (κ3) is 2.52. The van der Waals surface area contributed by atoms with Gasteiger partial charge in [-0.15, -0.1) is 11.3 Å². The molecule has 0 fully saturated rings. The number of halogens is 1. The van der Waals surface area contributed by atoms with Gasteiger partial charge in [-0.1, -0.05) is 17.7 Å². The highest BCUT2D eigenvalue weighted by Gasteiger charge is 2.25.